The Labute approximate surface area is 116 Å². The first-order valence-corrected chi connectivity index (χ1v) is 6.66. The smallest absolute Gasteiger partial charge is 0.261 e. The molecule has 6 heteroatoms. The molecule has 1 aromatic heterocycles. The van der Waals surface area contributed by atoms with E-state index in [1.807, 2.05) is 6.92 Å². The number of phenols is 2. The molecule has 3 rings (SSSR count). The predicted octanol–water partition coefficient (Wildman–Crippen LogP) is 2.64. The van der Waals surface area contributed by atoms with Crippen molar-refractivity contribution in [1.82, 2.24) is 10.1 Å². The number of phenolic OH excluding ortho intramolecular Hbond substituents is 2. The summed E-state index contributed by atoms with van der Waals surface area (Å²) in [6, 6.07) is 4.23. The third-order valence-corrected chi connectivity index (χ3v) is 3.30. The van der Waals surface area contributed by atoms with Gasteiger partial charge in [-0.1, -0.05) is 5.16 Å². The molecule has 1 aromatic carbocycles. The summed E-state index contributed by atoms with van der Waals surface area (Å²) in [7, 11) is 0. The molecule has 20 heavy (non-hydrogen) atoms. The quantitative estimate of drug-likeness (QED) is 0.872. The normalized spacial score (nSPS) is 16.2. The SMILES string of the molecule is CCOC(c1noc(-c2ccc(O)cc2O)n1)C1CC1. The van der Waals surface area contributed by atoms with Crippen LogP contribution in [0.15, 0.2) is 22.7 Å². The van der Waals surface area contributed by atoms with Crippen LogP contribution in [0.25, 0.3) is 11.5 Å². The van der Waals surface area contributed by atoms with Gasteiger partial charge in [-0.15, -0.1) is 0 Å². The Morgan fingerprint density at radius 2 is 2.20 bits per heavy atom. The summed E-state index contributed by atoms with van der Waals surface area (Å²) in [6.45, 7) is 2.53. The Balaban J connectivity index is 1.89. The lowest BCUT2D eigenvalue weighted by Crippen LogP contribution is -2.08. The van der Waals surface area contributed by atoms with Gasteiger partial charge in [-0.25, -0.2) is 0 Å². The molecular formula is C14H16N2O4. The van der Waals surface area contributed by atoms with Crippen molar-refractivity contribution < 1.29 is 19.5 Å². The maximum absolute atomic E-state index is 9.80. The van der Waals surface area contributed by atoms with E-state index in [0.717, 1.165) is 12.8 Å². The van der Waals surface area contributed by atoms with E-state index in [0.29, 0.717) is 23.9 Å². The first-order valence-electron chi connectivity index (χ1n) is 6.66. The average Bonchev–Trinajstić information content (AvgIpc) is 3.14. The second-order valence-electron chi connectivity index (χ2n) is 4.87. The fourth-order valence-electron chi connectivity index (χ4n) is 2.16. The van der Waals surface area contributed by atoms with Gasteiger partial charge in [-0.2, -0.15) is 4.98 Å². The molecule has 1 heterocycles. The summed E-state index contributed by atoms with van der Waals surface area (Å²) in [6.07, 6.45) is 2.08. The second kappa shape index (κ2) is 5.13. The van der Waals surface area contributed by atoms with Gasteiger partial charge in [0.1, 0.15) is 17.6 Å². The van der Waals surface area contributed by atoms with Crippen LogP contribution in [0.4, 0.5) is 0 Å². The Morgan fingerprint density at radius 3 is 2.85 bits per heavy atom. The molecule has 1 atom stereocenters. The van der Waals surface area contributed by atoms with Crippen LogP contribution < -0.4 is 0 Å². The van der Waals surface area contributed by atoms with Crippen LogP contribution in [0, 0.1) is 5.92 Å². The van der Waals surface area contributed by atoms with E-state index in [1.54, 1.807) is 0 Å². The molecule has 1 fully saturated rings. The van der Waals surface area contributed by atoms with E-state index in [9.17, 15) is 10.2 Å². The van der Waals surface area contributed by atoms with E-state index in [4.69, 9.17) is 9.26 Å². The van der Waals surface area contributed by atoms with Crippen LogP contribution in [0.1, 0.15) is 31.7 Å². The number of hydrogen-bond acceptors (Lipinski definition) is 6. The average molecular weight is 276 g/mol. The minimum Gasteiger partial charge on any atom is -0.508 e. The van der Waals surface area contributed by atoms with Crippen LogP contribution in [-0.4, -0.2) is 27.0 Å². The zero-order valence-corrected chi connectivity index (χ0v) is 11.1. The van der Waals surface area contributed by atoms with Crippen LogP contribution in [0.2, 0.25) is 0 Å². The second-order valence-corrected chi connectivity index (χ2v) is 4.87. The molecule has 1 unspecified atom stereocenters. The van der Waals surface area contributed by atoms with E-state index in [-0.39, 0.29) is 23.5 Å². The molecule has 6 nitrogen and oxygen atoms in total. The summed E-state index contributed by atoms with van der Waals surface area (Å²) in [5.41, 5.74) is 0.396. The molecule has 1 aliphatic rings. The summed E-state index contributed by atoms with van der Waals surface area (Å²) in [5, 5.41) is 23.0. The van der Waals surface area contributed by atoms with Crippen LogP contribution in [-0.2, 0) is 4.74 Å². The third kappa shape index (κ3) is 2.46. The standard InChI is InChI=1S/C14H16N2O4/c1-2-19-12(8-3-4-8)13-15-14(20-16-13)10-6-5-9(17)7-11(10)18/h5-8,12,17-18H,2-4H2,1H3. The Bertz CT molecular complexity index is 607. The Kier molecular flexibility index (Phi) is 3.31. The number of hydrogen-bond donors (Lipinski definition) is 2. The molecule has 2 N–H and O–H groups in total. The zero-order valence-electron chi connectivity index (χ0n) is 11.1. The molecule has 0 spiro atoms. The first-order chi connectivity index (χ1) is 9.69. The number of aromatic nitrogens is 2. The van der Waals surface area contributed by atoms with Gasteiger partial charge in [-0.3, -0.25) is 0 Å². The molecule has 0 bridgehead atoms. The molecule has 1 saturated carbocycles. The van der Waals surface area contributed by atoms with Crippen molar-refractivity contribution >= 4 is 0 Å². The third-order valence-electron chi connectivity index (χ3n) is 3.30. The Hall–Kier alpha value is -2.08. The van der Waals surface area contributed by atoms with Crippen molar-refractivity contribution in [3.05, 3.63) is 24.0 Å². The van der Waals surface area contributed by atoms with Crippen molar-refractivity contribution in [2.24, 2.45) is 5.92 Å². The minimum atomic E-state index is -0.142. The van der Waals surface area contributed by atoms with Crippen molar-refractivity contribution in [2.45, 2.75) is 25.9 Å². The molecule has 0 saturated heterocycles. The van der Waals surface area contributed by atoms with Gasteiger partial charge in [0.05, 0.1) is 5.56 Å². The van der Waals surface area contributed by atoms with Gasteiger partial charge in [0, 0.05) is 12.7 Å². The van der Waals surface area contributed by atoms with Crippen molar-refractivity contribution in [1.29, 1.82) is 0 Å². The predicted molar refractivity (Wildman–Crippen MR) is 70.2 cm³/mol. The number of rotatable bonds is 5. The highest BCUT2D eigenvalue weighted by Gasteiger charge is 2.36. The number of ether oxygens (including phenoxy) is 1. The molecule has 0 amide bonds. The topological polar surface area (TPSA) is 88.6 Å². The number of aromatic hydroxyl groups is 2. The zero-order chi connectivity index (χ0) is 14.1. The van der Waals surface area contributed by atoms with E-state index >= 15 is 0 Å². The molecule has 2 aromatic rings. The van der Waals surface area contributed by atoms with Crippen LogP contribution in [0.5, 0.6) is 11.5 Å². The largest absolute Gasteiger partial charge is 0.508 e. The lowest BCUT2D eigenvalue weighted by molar-refractivity contribution is 0.0385. The van der Waals surface area contributed by atoms with E-state index in [1.165, 1.54) is 18.2 Å². The van der Waals surface area contributed by atoms with E-state index in [2.05, 4.69) is 10.1 Å². The fraction of sp³-hybridized carbons (Fsp3) is 0.429. The van der Waals surface area contributed by atoms with Crippen molar-refractivity contribution in [3.63, 3.8) is 0 Å². The molecule has 0 aliphatic heterocycles. The number of nitrogens with zero attached hydrogens (tertiary/aromatic N) is 2. The highest BCUT2D eigenvalue weighted by molar-refractivity contribution is 5.63. The summed E-state index contributed by atoms with van der Waals surface area (Å²) < 4.78 is 10.9. The summed E-state index contributed by atoms with van der Waals surface area (Å²) in [5.74, 6) is 1.07. The van der Waals surface area contributed by atoms with Crippen LogP contribution in [0.3, 0.4) is 0 Å². The minimum absolute atomic E-state index is 0.0174. The van der Waals surface area contributed by atoms with Gasteiger partial charge in [0.2, 0.25) is 5.82 Å². The maximum Gasteiger partial charge on any atom is 0.261 e. The lowest BCUT2D eigenvalue weighted by atomic mass is 10.2. The van der Waals surface area contributed by atoms with Gasteiger partial charge < -0.3 is 19.5 Å². The van der Waals surface area contributed by atoms with Gasteiger partial charge in [-0.05, 0) is 37.8 Å². The highest BCUT2D eigenvalue weighted by atomic mass is 16.5. The summed E-state index contributed by atoms with van der Waals surface area (Å²) in [4.78, 5) is 4.31. The maximum atomic E-state index is 9.80. The Morgan fingerprint density at radius 1 is 1.40 bits per heavy atom. The number of benzene rings is 1. The van der Waals surface area contributed by atoms with E-state index < -0.39 is 0 Å². The highest BCUT2D eigenvalue weighted by Crippen LogP contribution is 2.43. The van der Waals surface area contributed by atoms with Gasteiger partial charge in [0.25, 0.3) is 5.89 Å². The van der Waals surface area contributed by atoms with Crippen LogP contribution >= 0.6 is 0 Å². The van der Waals surface area contributed by atoms with Gasteiger partial charge in [0.15, 0.2) is 0 Å². The van der Waals surface area contributed by atoms with Gasteiger partial charge >= 0.3 is 0 Å². The molecule has 0 radical (unpaired) electrons. The van der Waals surface area contributed by atoms with Crippen molar-refractivity contribution in [2.75, 3.05) is 6.61 Å². The molecule has 1 aliphatic carbocycles. The first kappa shape index (κ1) is 12.9. The summed E-state index contributed by atoms with van der Waals surface area (Å²) >= 11 is 0. The fourth-order valence-corrected chi connectivity index (χ4v) is 2.16. The molecule has 106 valence electrons. The molecular weight excluding hydrogens is 260 g/mol. The lowest BCUT2D eigenvalue weighted by Gasteiger charge is -2.11. The monoisotopic (exact) mass is 276 g/mol. The van der Waals surface area contributed by atoms with Crippen molar-refractivity contribution in [3.8, 4) is 23.0 Å².